The molecule has 0 aliphatic heterocycles. The van der Waals surface area contributed by atoms with Gasteiger partial charge >= 0.3 is 0 Å². The molecule has 0 saturated heterocycles. The lowest BCUT2D eigenvalue weighted by Gasteiger charge is -2.06. The van der Waals surface area contributed by atoms with E-state index in [1.165, 1.54) is 0 Å². The number of hydrogen-bond donors (Lipinski definition) is 2. The van der Waals surface area contributed by atoms with Crippen LogP contribution in [0.3, 0.4) is 0 Å². The lowest BCUT2D eigenvalue weighted by atomic mass is 10.2. The van der Waals surface area contributed by atoms with Crippen LogP contribution < -0.4 is 5.32 Å². The Morgan fingerprint density at radius 2 is 1.77 bits per heavy atom. The van der Waals surface area contributed by atoms with Crippen LogP contribution in [0, 0.1) is 0 Å². The van der Waals surface area contributed by atoms with Crippen molar-refractivity contribution in [3.63, 3.8) is 0 Å². The summed E-state index contributed by atoms with van der Waals surface area (Å²) in [6.45, 7) is 0. The van der Waals surface area contributed by atoms with Crippen LogP contribution in [0.15, 0.2) is 66.9 Å². The van der Waals surface area contributed by atoms with E-state index in [0.717, 1.165) is 21.8 Å². The third kappa shape index (κ3) is 2.11. The van der Waals surface area contributed by atoms with Gasteiger partial charge in [0.1, 0.15) is 5.69 Å². The number of benzene rings is 2. The minimum Gasteiger partial charge on any atom is -0.351 e. The van der Waals surface area contributed by atoms with Crippen molar-refractivity contribution in [1.82, 2.24) is 9.97 Å². The maximum atomic E-state index is 12.5. The average Bonchev–Trinajstić information content (AvgIpc) is 2.99. The van der Waals surface area contributed by atoms with Crippen molar-refractivity contribution in [3.8, 4) is 0 Å². The molecule has 4 aromatic rings. The summed E-state index contributed by atoms with van der Waals surface area (Å²) in [6, 6.07) is 19.3. The van der Waals surface area contributed by atoms with Crippen molar-refractivity contribution in [2.45, 2.75) is 0 Å². The first kappa shape index (κ1) is 12.6. The molecule has 0 saturated carbocycles. The average molecular weight is 287 g/mol. The zero-order valence-electron chi connectivity index (χ0n) is 11.7. The summed E-state index contributed by atoms with van der Waals surface area (Å²) in [5.41, 5.74) is 2.98. The van der Waals surface area contributed by atoms with Crippen LogP contribution in [0.1, 0.15) is 10.5 Å². The molecule has 0 unspecified atom stereocenters. The molecule has 0 bridgehead atoms. The molecule has 0 atom stereocenters. The predicted octanol–water partition coefficient (Wildman–Crippen LogP) is 3.97. The van der Waals surface area contributed by atoms with Crippen LogP contribution in [0.25, 0.3) is 21.8 Å². The zero-order chi connectivity index (χ0) is 14.9. The molecule has 4 nitrogen and oxygen atoms in total. The molecule has 0 radical (unpaired) electrons. The zero-order valence-corrected chi connectivity index (χ0v) is 11.7. The number of nitrogens with one attached hydrogen (secondary N) is 2. The van der Waals surface area contributed by atoms with Crippen molar-refractivity contribution in [3.05, 3.63) is 72.6 Å². The van der Waals surface area contributed by atoms with E-state index in [1.54, 1.807) is 6.20 Å². The predicted molar refractivity (Wildman–Crippen MR) is 88.0 cm³/mol. The number of carbonyl (C=O) groups excluding carboxylic acids is 1. The lowest BCUT2D eigenvalue weighted by molar-refractivity contribution is 0.102. The summed E-state index contributed by atoms with van der Waals surface area (Å²) < 4.78 is 0. The molecule has 0 aliphatic carbocycles. The second kappa shape index (κ2) is 5.00. The molecule has 0 aliphatic rings. The van der Waals surface area contributed by atoms with E-state index in [4.69, 9.17) is 0 Å². The number of rotatable bonds is 2. The Balaban J connectivity index is 1.71. The van der Waals surface area contributed by atoms with Crippen molar-refractivity contribution in [2.75, 3.05) is 5.32 Å². The van der Waals surface area contributed by atoms with Gasteiger partial charge < -0.3 is 10.3 Å². The van der Waals surface area contributed by atoms with Crippen molar-refractivity contribution >= 4 is 33.4 Å². The topological polar surface area (TPSA) is 57.8 Å². The molecular weight excluding hydrogens is 274 g/mol. The summed E-state index contributed by atoms with van der Waals surface area (Å²) in [5, 5.41) is 4.94. The molecule has 2 aromatic carbocycles. The van der Waals surface area contributed by atoms with Crippen LogP contribution in [-0.2, 0) is 0 Å². The maximum Gasteiger partial charge on any atom is 0.272 e. The Labute approximate surface area is 126 Å². The number of pyridine rings is 1. The van der Waals surface area contributed by atoms with Crippen LogP contribution in [0.2, 0.25) is 0 Å². The fourth-order valence-electron chi connectivity index (χ4n) is 2.59. The largest absolute Gasteiger partial charge is 0.351 e. The standard InChI is InChI=1S/C18H13N3O/c22-18(16-11-13-5-1-2-8-14(13)20-16)21-15-9-3-6-12-7-4-10-19-17(12)15/h1-11,20H,(H,21,22). The summed E-state index contributed by atoms with van der Waals surface area (Å²) >= 11 is 0. The molecule has 0 fully saturated rings. The number of carbonyl (C=O) groups is 1. The number of aromatic amines is 1. The highest BCUT2D eigenvalue weighted by molar-refractivity contribution is 6.09. The van der Waals surface area contributed by atoms with Crippen LogP contribution in [-0.4, -0.2) is 15.9 Å². The molecule has 1 amide bonds. The van der Waals surface area contributed by atoms with Crippen LogP contribution in [0.4, 0.5) is 5.69 Å². The molecule has 106 valence electrons. The highest BCUT2D eigenvalue weighted by Crippen LogP contribution is 2.22. The normalized spacial score (nSPS) is 10.9. The lowest BCUT2D eigenvalue weighted by Crippen LogP contribution is -2.12. The summed E-state index contributed by atoms with van der Waals surface area (Å²) in [6.07, 6.45) is 1.72. The molecule has 2 heterocycles. The van der Waals surface area contributed by atoms with Gasteiger partial charge in [0.15, 0.2) is 0 Å². The second-order valence-electron chi connectivity index (χ2n) is 5.11. The molecule has 4 heteroatoms. The van der Waals surface area contributed by atoms with Gasteiger partial charge in [-0.15, -0.1) is 0 Å². The molecule has 4 rings (SSSR count). The third-order valence-electron chi connectivity index (χ3n) is 3.66. The van der Waals surface area contributed by atoms with Crippen molar-refractivity contribution in [1.29, 1.82) is 0 Å². The Morgan fingerprint density at radius 3 is 2.68 bits per heavy atom. The smallest absolute Gasteiger partial charge is 0.272 e. The van der Waals surface area contributed by atoms with Crippen LogP contribution >= 0.6 is 0 Å². The molecule has 2 aromatic heterocycles. The minimum absolute atomic E-state index is 0.172. The highest BCUT2D eigenvalue weighted by Gasteiger charge is 2.11. The van der Waals surface area contributed by atoms with Gasteiger partial charge in [0.25, 0.3) is 5.91 Å². The van der Waals surface area contributed by atoms with E-state index >= 15 is 0 Å². The first-order valence-electron chi connectivity index (χ1n) is 7.04. The number of aromatic nitrogens is 2. The molecule has 0 spiro atoms. The Bertz CT molecular complexity index is 949. The highest BCUT2D eigenvalue weighted by atomic mass is 16.1. The summed E-state index contributed by atoms with van der Waals surface area (Å²) in [7, 11) is 0. The fourth-order valence-corrected chi connectivity index (χ4v) is 2.59. The van der Waals surface area contributed by atoms with Crippen molar-refractivity contribution in [2.24, 2.45) is 0 Å². The number of para-hydroxylation sites is 2. The van der Waals surface area contributed by atoms with Gasteiger partial charge in [0.2, 0.25) is 0 Å². The SMILES string of the molecule is O=C(Nc1cccc2cccnc12)c1cc2ccccc2[nH]1. The van der Waals surface area contributed by atoms with Gasteiger partial charge in [-0.05, 0) is 24.3 Å². The first-order valence-corrected chi connectivity index (χ1v) is 7.04. The van der Waals surface area contributed by atoms with Gasteiger partial charge in [-0.2, -0.15) is 0 Å². The fraction of sp³-hybridized carbons (Fsp3) is 0. The van der Waals surface area contributed by atoms with Gasteiger partial charge in [-0.3, -0.25) is 9.78 Å². The minimum atomic E-state index is -0.172. The Morgan fingerprint density at radius 1 is 0.955 bits per heavy atom. The van der Waals surface area contributed by atoms with Gasteiger partial charge in [0, 0.05) is 22.5 Å². The number of amides is 1. The Kier molecular flexibility index (Phi) is 2.86. The van der Waals surface area contributed by atoms with E-state index in [-0.39, 0.29) is 5.91 Å². The van der Waals surface area contributed by atoms with Gasteiger partial charge in [-0.1, -0.05) is 36.4 Å². The molecule has 2 N–H and O–H groups in total. The number of anilines is 1. The van der Waals surface area contributed by atoms with Gasteiger partial charge in [0.05, 0.1) is 11.2 Å². The third-order valence-corrected chi connectivity index (χ3v) is 3.66. The monoisotopic (exact) mass is 287 g/mol. The number of nitrogens with zero attached hydrogens (tertiary/aromatic N) is 1. The second-order valence-corrected chi connectivity index (χ2v) is 5.11. The number of H-pyrrole nitrogens is 1. The van der Waals surface area contributed by atoms with Crippen molar-refractivity contribution < 1.29 is 4.79 Å². The van der Waals surface area contributed by atoms with E-state index in [2.05, 4.69) is 15.3 Å². The summed E-state index contributed by atoms with van der Waals surface area (Å²) in [4.78, 5) is 19.9. The Hall–Kier alpha value is -3.14. The number of hydrogen-bond acceptors (Lipinski definition) is 2. The van der Waals surface area contributed by atoms with Gasteiger partial charge in [-0.25, -0.2) is 0 Å². The van der Waals surface area contributed by atoms with E-state index < -0.39 is 0 Å². The maximum absolute atomic E-state index is 12.5. The van der Waals surface area contributed by atoms with E-state index in [9.17, 15) is 4.79 Å². The summed E-state index contributed by atoms with van der Waals surface area (Å²) in [5.74, 6) is -0.172. The first-order chi connectivity index (χ1) is 10.8. The van der Waals surface area contributed by atoms with E-state index in [0.29, 0.717) is 11.4 Å². The number of fused-ring (bicyclic) bond motifs is 2. The van der Waals surface area contributed by atoms with E-state index in [1.807, 2.05) is 60.7 Å². The quantitative estimate of drug-likeness (QED) is 0.586. The molecule has 22 heavy (non-hydrogen) atoms. The van der Waals surface area contributed by atoms with Crippen LogP contribution in [0.5, 0.6) is 0 Å². The molecular formula is C18H13N3O.